The highest BCUT2D eigenvalue weighted by Gasteiger charge is 2.27. The predicted octanol–water partition coefficient (Wildman–Crippen LogP) is 3.36. The molecule has 33 heavy (non-hydrogen) atoms. The number of carbonyl (C=O) groups is 1. The summed E-state index contributed by atoms with van der Waals surface area (Å²) in [5.41, 5.74) is 3.95. The van der Waals surface area contributed by atoms with Gasteiger partial charge in [0.1, 0.15) is 5.75 Å². The molecular formula is C24H29N3O4S2. The topological polar surface area (TPSA) is 79.8 Å². The second-order valence-corrected chi connectivity index (χ2v) is 11.4. The standard InChI is InChI=1S/C24H29N3O4S2/c1-17-4-8-20(9-5-17)33(29,30)16-21(28)27(11-10-26-12-14-31-15-13-26)24-25-22-18(2)6-7-19(3)23(22)32-24/h4-9H,10-16H2,1-3H3. The second-order valence-electron chi connectivity index (χ2n) is 8.45. The van der Waals surface area contributed by atoms with Crippen molar-refractivity contribution >= 4 is 42.4 Å². The van der Waals surface area contributed by atoms with E-state index < -0.39 is 21.5 Å². The molecule has 4 rings (SSSR count). The molecule has 2 aromatic carbocycles. The Kier molecular flexibility index (Phi) is 7.13. The minimum absolute atomic E-state index is 0.158. The first-order valence-electron chi connectivity index (χ1n) is 11.0. The third-order valence-electron chi connectivity index (χ3n) is 5.90. The van der Waals surface area contributed by atoms with Crippen LogP contribution in [-0.4, -0.2) is 69.4 Å². The van der Waals surface area contributed by atoms with Crippen LogP contribution in [0, 0.1) is 20.8 Å². The van der Waals surface area contributed by atoms with E-state index in [1.165, 1.54) is 11.3 Å². The van der Waals surface area contributed by atoms with Crippen molar-refractivity contribution in [3.63, 3.8) is 0 Å². The van der Waals surface area contributed by atoms with E-state index in [1.54, 1.807) is 29.2 Å². The number of aryl methyl sites for hydroxylation is 3. The fourth-order valence-electron chi connectivity index (χ4n) is 3.83. The Morgan fingerprint density at radius 1 is 1.06 bits per heavy atom. The molecule has 3 aromatic rings. The monoisotopic (exact) mass is 487 g/mol. The Morgan fingerprint density at radius 3 is 2.39 bits per heavy atom. The highest BCUT2D eigenvalue weighted by Crippen LogP contribution is 2.33. The highest BCUT2D eigenvalue weighted by atomic mass is 32.2. The number of thiazole rings is 1. The van der Waals surface area contributed by atoms with Crippen LogP contribution in [0.4, 0.5) is 5.13 Å². The molecule has 0 saturated carbocycles. The van der Waals surface area contributed by atoms with Gasteiger partial charge in [-0.25, -0.2) is 13.4 Å². The highest BCUT2D eigenvalue weighted by molar-refractivity contribution is 7.92. The third-order valence-corrected chi connectivity index (χ3v) is 8.73. The van der Waals surface area contributed by atoms with Crippen LogP contribution in [0.5, 0.6) is 0 Å². The maximum absolute atomic E-state index is 13.4. The lowest BCUT2D eigenvalue weighted by molar-refractivity contribution is -0.116. The van der Waals surface area contributed by atoms with Crippen molar-refractivity contribution in [3.05, 3.63) is 53.1 Å². The number of hydrogen-bond acceptors (Lipinski definition) is 7. The van der Waals surface area contributed by atoms with Crippen molar-refractivity contribution in [3.8, 4) is 0 Å². The number of hydrogen-bond donors (Lipinski definition) is 0. The molecule has 9 heteroatoms. The number of nitrogens with zero attached hydrogens (tertiary/aromatic N) is 3. The number of rotatable bonds is 7. The molecule has 1 amide bonds. The summed E-state index contributed by atoms with van der Waals surface area (Å²) in [5, 5.41) is 0.541. The molecule has 0 spiro atoms. The largest absolute Gasteiger partial charge is 0.379 e. The Balaban J connectivity index is 1.63. The molecule has 176 valence electrons. The molecule has 0 radical (unpaired) electrons. The van der Waals surface area contributed by atoms with Gasteiger partial charge in [0, 0.05) is 26.2 Å². The van der Waals surface area contributed by atoms with Gasteiger partial charge in [-0.15, -0.1) is 0 Å². The fraction of sp³-hybridized carbons (Fsp3) is 0.417. The number of ether oxygens (including phenoxy) is 1. The minimum Gasteiger partial charge on any atom is -0.379 e. The molecule has 2 heterocycles. The summed E-state index contributed by atoms with van der Waals surface area (Å²) in [6.45, 7) is 9.83. The predicted molar refractivity (Wildman–Crippen MR) is 132 cm³/mol. The van der Waals surface area contributed by atoms with Gasteiger partial charge in [-0.2, -0.15) is 0 Å². The van der Waals surface area contributed by atoms with Crippen LogP contribution in [0.1, 0.15) is 16.7 Å². The molecule has 1 fully saturated rings. The lowest BCUT2D eigenvalue weighted by Crippen LogP contribution is -2.44. The van der Waals surface area contributed by atoms with Gasteiger partial charge < -0.3 is 4.74 Å². The van der Waals surface area contributed by atoms with Gasteiger partial charge in [-0.3, -0.25) is 14.6 Å². The molecule has 0 bridgehead atoms. The molecule has 1 aromatic heterocycles. The first-order chi connectivity index (χ1) is 15.7. The van der Waals surface area contributed by atoms with Crippen LogP contribution in [0.15, 0.2) is 41.3 Å². The van der Waals surface area contributed by atoms with E-state index in [4.69, 9.17) is 9.72 Å². The van der Waals surface area contributed by atoms with E-state index in [9.17, 15) is 13.2 Å². The number of carbonyl (C=O) groups excluding carboxylic acids is 1. The zero-order valence-corrected chi connectivity index (χ0v) is 20.8. The van der Waals surface area contributed by atoms with Crippen LogP contribution < -0.4 is 4.90 Å². The van der Waals surface area contributed by atoms with Gasteiger partial charge in [0.15, 0.2) is 15.0 Å². The van der Waals surface area contributed by atoms with E-state index >= 15 is 0 Å². The van der Waals surface area contributed by atoms with E-state index in [1.807, 2.05) is 32.9 Å². The van der Waals surface area contributed by atoms with E-state index in [0.717, 1.165) is 40.0 Å². The Labute approximate surface area is 198 Å². The quantitative estimate of drug-likeness (QED) is 0.509. The minimum atomic E-state index is -3.77. The first kappa shape index (κ1) is 23.8. The van der Waals surface area contributed by atoms with E-state index in [-0.39, 0.29) is 4.90 Å². The summed E-state index contributed by atoms with van der Waals surface area (Å²) in [7, 11) is -3.77. The van der Waals surface area contributed by atoms with E-state index in [0.29, 0.717) is 31.4 Å². The van der Waals surface area contributed by atoms with Gasteiger partial charge in [-0.05, 0) is 44.0 Å². The van der Waals surface area contributed by atoms with Crippen molar-refractivity contribution in [2.45, 2.75) is 25.7 Å². The van der Waals surface area contributed by atoms with Crippen LogP contribution in [0.25, 0.3) is 10.2 Å². The van der Waals surface area contributed by atoms with Crippen LogP contribution in [0.3, 0.4) is 0 Å². The zero-order chi connectivity index (χ0) is 23.6. The molecule has 7 nitrogen and oxygen atoms in total. The molecule has 0 atom stereocenters. The summed E-state index contributed by atoms with van der Waals surface area (Å²) in [6.07, 6.45) is 0. The molecular weight excluding hydrogens is 458 g/mol. The molecule has 1 aliphatic heterocycles. The number of anilines is 1. The molecule has 0 aliphatic carbocycles. The van der Waals surface area contributed by atoms with Crippen molar-refractivity contribution in [2.24, 2.45) is 0 Å². The lowest BCUT2D eigenvalue weighted by atomic mass is 10.1. The number of benzene rings is 2. The SMILES string of the molecule is Cc1ccc(S(=O)(=O)CC(=O)N(CCN2CCOCC2)c2nc3c(C)ccc(C)c3s2)cc1. The van der Waals surface area contributed by atoms with Crippen LogP contribution >= 0.6 is 11.3 Å². The summed E-state index contributed by atoms with van der Waals surface area (Å²) in [5.74, 6) is -1.05. The Morgan fingerprint density at radius 2 is 1.73 bits per heavy atom. The first-order valence-corrected chi connectivity index (χ1v) is 13.5. The summed E-state index contributed by atoms with van der Waals surface area (Å²) in [6, 6.07) is 10.7. The maximum Gasteiger partial charge on any atom is 0.244 e. The number of fused-ring (bicyclic) bond motifs is 1. The lowest BCUT2D eigenvalue weighted by Gasteiger charge is -2.29. The molecule has 0 N–H and O–H groups in total. The number of amides is 1. The zero-order valence-electron chi connectivity index (χ0n) is 19.2. The van der Waals surface area contributed by atoms with Crippen molar-refractivity contribution < 1.29 is 17.9 Å². The fourth-order valence-corrected chi connectivity index (χ4v) is 6.18. The van der Waals surface area contributed by atoms with Gasteiger partial charge in [-0.1, -0.05) is 41.2 Å². The summed E-state index contributed by atoms with van der Waals surface area (Å²) in [4.78, 5) is 22.1. The van der Waals surface area contributed by atoms with Crippen molar-refractivity contribution in [1.82, 2.24) is 9.88 Å². The van der Waals surface area contributed by atoms with Crippen molar-refractivity contribution in [2.75, 3.05) is 50.0 Å². The molecule has 0 unspecified atom stereocenters. The van der Waals surface area contributed by atoms with Gasteiger partial charge in [0.2, 0.25) is 5.91 Å². The van der Waals surface area contributed by atoms with Crippen LogP contribution in [0.2, 0.25) is 0 Å². The number of morpholine rings is 1. The van der Waals surface area contributed by atoms with E-state index in [2.05, 4.69) is 4.90 Å². The molecule has 1 aliphatic rings. The second kappa shape index (κ2) is 9.89. The van der Waals surface area contributed by atoms with Crippen molar-refractivity contribution in [1.29, 1.82) is 0 Å². The smallest absolute Gasteiger partial charge is 0.244 e. The third kappa shape index (κ3) is 5.43. The maximum atomic E-state index is 13.4. The Bertz CT molecular complexity index is 1210. The summed E-state index contributed by atoms with van der Waals surface area (Å²) >= 11 is 1.44. The van der Waals surface area contributed by atoms with Gasteiger partial charge in [0.05, 0.1) is 28.3 Å². The number of sulfone groups is 1. The summed E-state index contributed by atoms with van der Waals surface area (Å²) < 4.78 is 32.4. The number of aromatic nitrogens is 1. The Hall–Kier alpha value is -2.33. The average Bonchev–Trinajstić information content (AvgIpc) is 3.24. The molecule has 1 saturated heterocycles. The average molecular weight is 488 g/mol. The van der Waals surface area contributed by atoms with Crippen LogP contribution in [-0.2, 0) is 19.4 Å². The van der Waals surface area contributed by atoms with Gasteiger partial charge in [0.25, 0.3) is 0 Å². The normalized spacial score (nSPS) is 15.1. The van der Waals surface area contributed by atoms with Gasteiger partial charge >= 0.3 is 0 Å².